The number of amides is 1. The molecule has 1 amide bonds. The molecule has 0 spiro atoms. The number of rotatable bonds is 7. The van der Waals surface area contributed by atoms with E-state index in [4.69, 9.17) is 28.9 Å². The number of hydrogen-bond acceptors (Lipinski definition) is 6. The molecular formula is C16H13ClN2O5S2. The quantitative estimate of drug-likeness (QED) is 0.314. The number of carboxylic acids is 1. The van der Waals surface area contributed by atoms with Crippen LogP contribution in [0.2, 0.25) is 0 Å². The summed E-state index contributed by atoms with van der Waals surface area (Å²) in [5, 5.41) is 19.6. The van der Waals surface area contributed by atoms with Crippen molar-refractivity contribution in [3.05, 3.63) is 56.0 Å². The number of nitro benzene ring substituents is 1. The largest absolute Gasteiger partial charge is 0.481 e. The molecule has 1 fully saturated rings. The Bertz CT molecular complexity index is 820. The van der Waals surface area contributed by atoms with E-state index in [1.54, 1.807) is 18.2 Å². The predicted molar refractivity (Wildman–Crippen MR) is 104 cm³/mol. The molecule has 0 aliphatic carbocycles. The van der Waals surface area contributed by atoms with E-state index in [2.05, 4.69) is 0 Å². The van der Waals surface area contributed by atoms with Crippen LogP contribution >= 0.6 is 35.6 Å². The zero-order chi connectivity index (χ0) is 19.3. The van der Waals surface area contributed by atoms with Gasteiger partial charge in [0.05, 0.1) is 9.83 Å². The van der Waals surface area contributed by atoms with Crippen LogP contribution in [0.3, 0.4) is 0 Å². The van der Waals surface area contributed by atoms with Gasteiger partial charge in [0.15, 0.2) is 0 Å². The van der Waals surface area contributed by atoms with Crippen molar-refractivity contribution in [2.24, 2.45) is 0 Å². The highest BCUT2D eigenvalue weighted by Gasteiger charge is 2.31. The minimum Gasteiger partial charge on any atom is -0.481 e. The van der Waals surface area contributed by atoms with Gasteiger partial charge in [-0.05, 0) is 36.3 Å². The lowest BCUT2D eigenvalue weighted by Gasteiger charge is -2.13. The van der Waals surface area contributed by atoms with E-state index in [9.17, 15) is 19.7 Å². The number of halogens is 1. The molecule has 1 aliphatic heterocycles. The second-order valence-electron chi connectivity index (χ2n) is 5.21. The number of aliphatic carboxylic acids is 1. The van der Waals surface area contributed by atoms with Gasteiger partial charge in [0, 0.05) is 30.1 Å². The van der Waals surface area contributed by atoms with Crippen LogP contribution in [-0.2, 0) is 9.59 Å². The van der Waals surface area contributed by atoms with Crippen LogP contribution in [0.5, 0.6) is 0 Å². The fourth-order valence-electron chi connectivity index (χ4n) is 2.10. The summed E-state index contributed by atoms with van der Waals surface area (Å²) in [7, 11) is 0. The third kappa shape index (κ3) is 5.38. The Labute approximate surface area is 163 Å². The monoisotopic (exact) mass is 412 g/mol. The Hall–Kier alpha value is -2.23. The van der Waals surface area contributed by atoms with Crippen molar-refractivity contribution >= 4 is 63.5 Å². The van der Waals surface area contributed by atoms with Gasteiger partial charge in [-0.15, -0.1) is 0 Å². The van der Waals surface area contributed by atoms with E-state index >= 15 is 0 Å². The first kappa shape index (κ1) is 20.1. The molecule has 1 saturated heterocycles. The summed E-state index contributed by atoms with van der Waals surface area (Å²) in [5.74, 6) is -1.25. The molecule has 0 unspecified atom stereocenters. The van der Waals surface area contributed by atoms with Crippen LogP contribution in [0, 0.1) is 10.1 Å². The summed E-state index contributed by atoms with van der Waals surface area (Å²) in [6.45, 7) is 0.234. The van der Waals surface area contributed by atoms with E-state index in [1.807, 2.05) is 0 Å². The molecule has 7 nitrogen and oxygen atoms in total. The van der Waals surface area contributed by atoms with Crippen molar-refractivity contribution in [2.75, 3.05) is 6.54 Å². The zero-order valence-electron chi connectivity index (χ0n) is 13.3. The zero-order valence-corrected chi connectivity index (χ0v) is 15.6. The standard InChI is InChI=1S/C16H13ClN2O5S2/c17-11(8-10-3-5-12(6-4-10)19(23)24)9-13-15(22)18(16(25)26-13)7-1-2-14(20)21/h3-6,8-9H,1-2,7H2,(H,20,21)/b11-8+,13-9-. The number of hydrogen-bond donors (Lipinski definition) is 1. The Morgan fingerprint density at radius 3 is 2.62 bits per heavy atom. The molecular weight excluding hydrogens is 400 g/mol. The van der Waals surface area contributed by atoms with Crippen molar-refractivity contribution in [1.29, 1.82) is 0 Å². The molecule has 1 aromatic rings. The van der Waals surface area contributed by atoms with Crippen LogP contribution in [0.4, 0.5) is 5.69 Å². The van der Waals surface area contributed by atoms with Gasteiger partial charge in [-0.2, -0.15) is 0 Å². The lowest BCUT2D eigenvalue weighted by molar-refractivity contribution is -0.384. The van der Waals surface area contributed by atoms with E-state index in [0.717, 1.165) is 11.8 Å². The maximum atomic E-state index is 12.3. The molecule has 0 atom stereocenters. The lowest BCUT2D eigenvalue weighted by Crippen LogP contribution is -2.29. The van der Waals surface area contributed by atoms with Gasteiger partial charge in [0.25, 0.3) is 11.6 Å². The molecule has 1 heterocycles. The van der Waals surface area contributed by atoms with Crippen LogP contribution in [0.25, 0.3) is 6.08 Å². The smallest absolute Gasteiger partial charge is 0.303 e. The third-order valence-corrected chi connectivity index (χ3v) is 4.92. The molecule has 26 heavy (non-hydrogen) atoms. The van der Waals surface area contributed by atoms with E-state index in [0.29, 0.717) is 21.2 Å². The highest BCUT2D eigenvalue weighted by Crippen LogP contribution is 2.33. The van der Waals surface area contributed by atoms with Crippen molar-refractivity contribution in [3.8, 4) is 0 Å². The Morgan fingerprint density at radius 2 is 2.04 bits per heavy atom. The number of allylic oxidation sites excluding steroid dienone is 2. The molecule has 10 heteroatoms. The minimum absolute atomic E-state index is 0.0273. The molecule has 0 radical (unpaired) electrons. The number of nitrogens with zero attached hydrogens (tertiary/aromatic N) is 2. The SMILES string of the molecule is O=C(O)CCCN1C(=O)/C(=C/C(Cl)=C\c2ccc([N+](=O)[O-])cc2)SC1=S. The number of thioether (sulfide) groups is 1. The first-order chi connectivity index (χ1) is 12.3. The van der Waals surface area contributed by atoms with Gasteiger partial charge in [0.2, 0.25) is 0 Å². The van der Waals surface area contributed by atoms with Gasteiger partial charge in [0.1, 0.15) is 4.32 Å². The van der Waals surface area contributed by atoms with E-state index in [1.165, 1.54) is 23.1 Å². The van der Waals surface area contributed by atoms with Crippen molar-refractivity contribution in [2.45, 2.75) is 12.8 Å². The molecule has 136 valence electrons. The summed E-state index contributed by atoms with van der Waals surface area (Å²) >= 11 is 12.4. The average Bonchev–Trinajstić information content (AvgIpc) is 2.82. The number of carboxylic acid groups (broad SMARTS) is 1. The van der Waals surface area contributed by atoms with Crippen LogP contribution in [0.1, 0.15) is 18.4 Å². The summed E-state index contributed by atoms with van der Waals surface area (Å²) in [5.41, 5.74) is 0.620. The van der Waals surface area contributed by atoms with Gasteiger partial charge < -0.3 is 5.11 Å². The summed E-state index contributed by atoms with van der Waals surface area (Å²) in [6, 6.07) is 5.81. The van der Waals surface area contributed by atoms with Gasteiger partial charge in [-0.1, -0.05) is 35.6 Å². The second kappa shape index (κ2) is 8.93. The molecule has 2 rings (SSSR count). The van der Waals surface area contributed by atoms with Crippen molar-refractivity contribution < 1.29 is 19.6 Å². The Kier molecular flexibility index (Phi) is 6.90. The van der Waals surface area contributed by atoms with Crippen LogP contribution < -0.4 is 0 Å². The number of carbonyl (C=O) groups is 2. The highest BCUT2D eigenvalue weighted by molar-refractivity contribution is 8.26. The summed E-state index contributed by atoms with van der Waals surface area (Å²) < 4.78 is 0.353. The van der Waals surface area contributed by atoms with Crippen LogP contribution in [0.15, 0.2) is 40.3 Å². The number of thiocarbonyl (C=S) groups is 1. The maximum Gasteiger partial charge on any atom is 0.303 e. The number of non-ortho nitro benzene ring substituents is 1. The van der Waals surface area contributed by atoms with Gasteiger partial charge >= 0.3 is 5.97 Å². The molecule has 1 aromatic carbocycles. The number of nitro groups is 1. The Morgan fingerprint density at radius 1 is 1.38 bits per heavy atom. The van der Waals surface area contributed by atoms with Crippen molar-refractivity contribution in [1.82, 2.24) is 4.90 Å². The molecule has 0 saturated carbocycles. The Balaban J connectivity index is 2.08. The first-order valence-electron chi connectivity index (χ1n) is 7.37. The average molecular weight is 413 g/mol. The fourth-order valence-corrected chi connectivity index (χ4v) is 3.70. The van der Waals surface area contributed by atoms with E-state index in [-0.39, 0.29) is 29.6 Å². The number of carbonyl (C=O) groups excluding carboxylic acids is 1. The summed E-state index contributed by atoms with van der Waals surface area (Å²) in [6.07, 6.45) is 3.31. The normalized spacial score (nSPS) is 16.4. The second-order valence-corrected chi connectivity index (χ2v) is 7.32. The molecule has 1 N–H and O–H groups in total. The van der Waals surface area contributed by atoms with Crippen molar-refractivity contribution in [3.63, 3.8) is 0 Å². The molecule has 0 aromatic heterocycles. The third-order valence-electron chi connectivity index (χ3n) is 3.32. The maximum absolute atomic E-state index is 12.3. The predicted octanol–water partition coefficient (Wildman–Crippen LogP) is 3.78. The lowest BCUT2D eigenvalue weighted by atomic mass is 10.2. The summed E-state index contributed by atoms with van der Waals surface area (Å²) in [4.78, 5) is 34.7. The highest BCUT2D eigenvalue weighted by atomic mass is 35.5. The van der Waals surface area contributed by atoms with Gasteiger partial charge in [-0.3, -0.25) is 24.6 Å². The van der Waals surface area contributed by atoms with E-state index < -0.39 is 10.9 Å². The first-order valence-corrected chi connectivity index (χ1v) is 8.97. The topological polar surface area (TPSA) is 101 Å². The van der Waals surface area contributed by atoms with Gasteiger partial charge in [-0.25, -0.2) is 0 Å². The number of benzene rings is 1. The minimum atomic E-state index is -0.931. The molecule has 1 aliphatic rings. The fraction of sp³-hybridized carbons (Fsp3) is 0.188. The van der Waals surface area contributed by atoms with Crippen LogP contribution in [-0.4, -0.2) is 37.7 Å². The molecule has 0 bridgehead atoms.